The number of rotatable bonds is 3. The van der Waals surface area contributed by atoms with Gasteiger partial charge in [0.2, 0.25) is 10.0 Å². The number of nitrogens with zero attached hydrogens (tertiary/aromatic N) is 1. The fraction of sp³-hybridized carbons (Fsp3) is 0.400. The predicted molar refractivity (Wildman–Crippen MR) is 90.2 cm³/mol. The Hall–Kier alpha value is -1.64. The van der Waals surface area contributed by atoms with Crippen molar-refractivity contribution in [1.82, 2.24) is 14.6 Å². The zero-order valence-electron chi connectivity index (χ0n) is 13.0. The number of aromatic amines is 1. The van der Waals surface area contributed by atoms with E-state index >= 15 is 0 Å². The highest BCUT2D eigenvalue weighted by atomic mass is 35.5. The average Bonchev–Trinajstić information content (AvgIpc) is 2.84. The molecular weight excluding hydrogens is 357 g/mol. The summed E-state index contributed by atoms with van der Waals surface area (Å²) in [6, 6.07) is 3.76. The number of hydrogen-bond acceptors (Lipinski definition) is 3. The number of H-pyrrole nitrogens is 1. The summed E-state index contributed by atoms with van der Waals surface area (Å²) in [5, 5.41) is 3.38. The molecule has 2 heterocycles. The number of halogens is 2. The molecule has 1 fully saturated rings. The van der Waals surface area contributed by atoms with Crippen molar-refractivity contribution >= 4 is 38.4 Å². The first-order valence-corrected chi connectivity index (χ1v) is 9.71. The monoisotopic (exact) mass is 373 g/mol. The molecule has 2 N–H and O–H groups in total. The van der Waals surface area contributed by atoms with E-state index in [0.717, 1.165) is 6.26 Å². The summed E-state index contributed by atoms with van der Waals surface area (Å²) < 4.78 is 38.0. The van der Waals surface area contributed by atoms with E-state index in [2.05, 4.69) is 10.3 Å². The fourth-order valence-corrected chi connectivity index (χ4v) is 4.11. The maximum atomic E-state index is 13.3. The molecule has 0 radical (unpaired) electrons. The van der Waals surface area contributed by atoms with Gasteiger partial charge < -0.3 is 10.3 Å². The van der Waals surface area contributed by atoms with Crippen molar-refractivity contribution in [2.24, 2.45) is 0 Å². The van der Waals surface area contributed by atoms with Crippen molar-refractivity contribution < 1.29 is 17.6 Å². The molecule has 1 aromatic carbocycles. The number of hydrogen-bond donors (Lipinski definition) is 2. The minimum absolute atomic E-state index is 0.147. The van der Waals surface area contributed by atoms with Gasteiger partial charge in [0.1, 0.15) is 11.5 Å². The summed E-state index contributed by atoms with van der Waals surface area (Å²) in [5.74, 6) is -0.872. The van der Waals surface area contributed by atoms with E-state index < -0.39 is 21.7 Å². The van der Waals surface area contributed by atoms with Gasteiger partial charge in [0.25, 0.3) is 5.91 Å². The van der Waals surface area contributed by atoms with Crippen molar-refractivity contribution in [3.63, 3.8) is 0 Å². The number of aromatic nitrogens is 1. The summed E-state index contributed by atoms with van der Waals surface area (Å²) >= 11 is 6.18. The van der Waals surface area contributed by atoms with Crippen LogP contribution in [0.1, 0.15) is 23.3 Å². The number of carbonyl (C=O) groups is 1. The molecule has 24 heavy (non-hydrogen) atoms. The lowest BCUT2D eigenvalue weighted by Gasteiger charge is -2.31. The van der Waals surface area contributed by atoms with Gasteiger partial charge in [-0.2, -0.15) is 0 Å². The van der Waals surface area contributed by atoms with E-state index in [4.69, 9.17) is 11.6 Å². The van der Waals surface area contributed by atoms with Crippen LogP contribution >= 0.6 is 11.6 Å². The van der Waals surface area contributed by atoms with Crippen LogP contribution in [0.5, 0.6) is 0 Å². The SMILES string of the molecule is CS(=O)(=O)N1CCCC(NC(=O)c2[nH]c3ccc(F)cc3c2Cl)C1. The summed E-state index contributed by atoms with van der Waals surface area (Å²) in [5.41, 5.74) is 0.710. The molecule has 0 bridgehead atoms. The second-order valence-electron chi connectivity index (χ2n) is 5.94. The van der Waals surface area contributed by atoms with Crippen LogP contribution in [-0.2, 0) is 10.0 Å². The third-order valence-corrected chi connectivity index (χ3v) is 5.77. The second kappa shape index (κ2) is 6.34. The topological polar surface area (TPSA) is 82.3 Å². The third-order valence-electron chi connectivity index (χ3n) is 4.11. The van der Waals surface area contributed by atoms with Crippen molar-refractivity contribution in [2.75, 3.05) is 19.3 Å². The molecule has 1 aromatic heterocycles. The molecule has 1 unspecified atom stereocenters. The molecule has 0 saturated carbocycles. The molecule has 1 amide bonds. The van der Waals surface area contributed by atoms with Crippen molar-refractivity contribution in [3.05, 3.63) is 34.7 Å². The molecule has 3 rings (SSSR count). The minimum atomic E-state index is -3.29. The summed E-state index contributed by atoms with van der Waals surface area (Å²) in [6.45, 7) is 0.689. The second-order valence-corrected chi connectivity index (χ2v) is 8.30. The van der Waals surface area contributed by atoms with Gasteiger partial charge in [-0.1, -0.05) is 11.6 Å². The first-order chi connectivity index (χ1) is 11.3. The van der Waals surface area contributed by atoms with Crippen molar-refractivity contribution in [3.8, 4) is 0 Å². The number of piperidine rings is 1. The highest BCUT2D eigenvalue weighted by molar-refractivity contribution is 7.88. The van der Waals surface area contributed by atoms with Gasteiger partial charge in [0.15, 0.2) is 0 Å². The quantitative estimate of drug-likeness (QED) is 0.864. The van der Waals surface area contributed by atoms with E-state index in [-0.39, 0.29) is 23.3 Å². The van der Waals surface area contributed by atoms with Crippen LogP contribution in [-0.4, -0.2) is 49.0 Å². The van der Waals surface area contributed by atoms with E-state index in [9.17, 15) is 17.6 Å². The van der Waals surface area contributed by atoms with Gasteiger partial charge in [-0.3, -0.25) is 4.79 Å². The van der Waals surface area contributed by atoms with Gasteiger partial charge in [0, 0.05) is 30.0 Å². The zero-order valence-corrected chi connectivity index (χ0v) is 14.5. The molecule has 1 aliphatic rings. The number of amides is 1. The minimum Gasteiger partial charge on any atom is -0.349 e. The summed E-state index contributed by atoms with van der Waals surface area (Å²) in [6.07, 6.45) is 2.51. The molecule has 130 valence electrons. The van der Waals surface area contributed by atoms with Crippen LogP contribution in [0.2, 0.25) is 5.02 Å². The zero-order chi connectivity index (χ0) is 17.5. The molecular formula is C15H17ClFN3O3S. The van der Waals surface area contributed by atoms with Crippen LogP contribution < -0.4 is 5.32 Å². The smallest absolute Gasteiger partial charge is 0.269 e. The Balaban J connectivity index is 1.79. The molecule has 9 heteroatoms. The Morgan fingerprint density at radius 1 is 1.46 bits per heavy atom. The van der Waals surface area contributed by atoms with Crippen LogP contribution in [0, 0.1) is 5.82 Å². The maximum Gasteiger partial charge on any atom is 0.269 e. The Kier molecular flexibility index (Phi) is 4.54. The Bertz CT molecular complexity index is 897. The number of nitrogens with one attached hydrogen (secondary N) is 2. The van der Waals surface area contributed by atoms with E-state index in [1.165, 1.54) is 22.5 Å². The van der Waals surface area contributed by atoms with E-state index in [1.54, 1.807) is 0 Å². The molecule has 0 spiro atoms. The van der Waals surface area contributed by atoms with E-state index in [0.29, 0.717) is 30.3 Å². The lowest BCUT2D eigenvalue weighted by atomic mass is 10.1. The fourth-order valence-electron chi connectivity index (χ4n) is 2.91. The third kappa shape index (κ3) is 3.40. The van der Waals surface area contributed by atoms with E-state index in [1.807, 2.05) is 0 Å². The van der Waals surface area contributed by atoms with Gasteiger partial charge in [0.05, 0.1) is 11.3 Å². The number of fused-ring (bicyclic) bond motifs is 1. The van der Waals surface area contributed by atoms with Crippen LogP contribution in [0.25, 0.3) is 10.9 Å². The molecule has 0 aliphatic carbocycles. The predicted octanol–water partition coefficient (Wildman–Crippen LogP) is 2.11. The normalized spacial score (nSPS) is 19.5. The molecule has 1 saturated heterocycles. The summed E-state index contributed by atoms with van der Waals surface area (Å²) in [4.78, 5) is 15.3. The maximum absolute atomic E-state index is 13.3. The highest BCUT2D eigenvalue weighted by Gasteiger charge is 2.28. The van der Waals surface area contributed by atoms with Gasteiger partial charge in [-0.15, -0.1) is 0 Å². The Labute approximate surface area is 144 Å². The number of benzene rings is 1. The highest BCUT2D eigenvalue weighted by Crippen LogP contribution is 2.28. The van der Waals surface area contributed by atoms with Gasteiger partial charge in [-0.05, 0) is 31.0 Å². The Morgan fingerprint density at radius 3 is 2.92 bits per heavy atom. The molecule has 2 aromatic rings. The van der Waals surface area contributed by atoms with Crippen molar-refractivity contribution in [1.29, 1.82) is 0 Å². The van der Waals surface area contributed by atoms with Crippen molar-refractivity contribution in [2.45, 2.75) is 18.9 Å². The van der Waals surface area contributed by atoms with Gasteiger partial charge >= 0.3 is 0 Å². The van der Waals surface area contributed by atoms with Gasteiger partial charge in [-0.25, -0.2) is 17.1 Å². The lowest BCUT2D eigenvalue weighted by Crippen LogP contribution is -2.49. The molecule has 1 aliphatic heterocycles. The lowest BCUT2D eigenvalue weighted by molar-refractivity contribution is 0.0917. The first kappa shape index (κ1) is 17.2. The van der Waals surface area contributed by atoms with Crippen LogP contribution in [0.15, 0.2) is 18.2 Å². The number of carbonyl (C=O) groups excluding carboxylic acids is 1. The van der Waals surface area contributed by atoms with Crippen LogP contribution in [0.4, 0.5) is 4.39 Å². The molecule has 6 nitrogen and oxygen atoms in total. The Morgan fingerprint density at radius 2 is 2.21 bits per heavy atom. The average molecular weight is 374 g/mol. The first-order valence-electron chi connectivity index (χ1n) is 7.48. The molecule has 1 atom stereocenters. The summed E-state index contributed by atoms with van der Waals surface area (Å²) in [7, 11) is -3.29. The standard InChI is InChI=1S/C15H17ClFN3O3S/c1-24(22,23)20-6-2-3-10(8-20)18-15(21)14-13(16)11-7-9(17)4-5-12(11)19-14/h4-5,7,10,19H,2-3,6,8H2,1H3,(H,18,21). The largest absolute Gasteiger partial charge is 0.349 e. The number of sulfonamides is 1. The van der Waals surface area contributed by atoms with Crippen LogP contribution in [0.3, 0.4) is 0 Å².